The molecule has 0 aromatic carbocycles. The van der Waals surface area contributed by atoms with Crippen LogP contribution in [0.4, 0.5) is 0 Å². The maximum Gasteiger partial charge on any atom is 0.308 e. The first-order valence-corrected chi connectivity index (χ1v) is 4.80. The van der Waals surface area contributed by atoms with Crippen LogP contribution in [-0.2, 0) is 10.2 Å². The van der Waals surface area contributed by atoms with Crippen molar-refractivity contribution >= 4 is 16.5 Å². The minimum absolute atomic E-state index is 0.00806. The van der Waals surface area contributed by atoms with Gasteiger partial charge in [-0.25, -0.2) is 8.96 Å². The number of rotatable bonds is 3. The zero-order valence-corrected chi connectivity index (χ0v) is 8.02. The lowest BCUT2D eigenvalue weighted by atomic mass is 10.6. The van der Waals surface area contributed by atoms with E-state index in [4.69, 9.17) is 0 Å². The molecular weight excluding hydrogens is 194 g/mol. The van der Waals surface area contributed by atoms with Crippen LogP contribution in [0, 0.1) is 0 Å². The third kappa shape index (κ3) is 1.61. The quantitative estimate of drug-likeness (QED) is 0.612. The molecule has 0 bridgehead atoms. The highest BCUT2D eigenvalue weighted by Crippen LogP contribution is 2.03. The van der Waals surface area contributed by atoms with Gasteiger partial charge >= 0.3 is 10.2 Å². The lowest BCUT2D eigenvalue weighted by Gasteiger charge is -2.11. The van der Waals surface area contributed by atoms with Crippen LogP contribution in [0.5, 0.6) is 0 Å². The van der Waals surface area contributed by atoms with Gasteiger partial charge in [0, 0.05) is 14.1 Å². The number of aldehydes is 1. The number of imidazole rings is 1. The molecule has 0 atom stereocenters. The van der Waals surface area contributed by atoms with E-state index < -0.39 is 10.2 Å². The fraction of sp³-hybridized carbons (Fsp3) is 0.333. The van der Waals surface area contributed by atoms with E-state index in [9.17, 15) is 13.2 Å². The maximum atomic E-state index is 11.5. The van der Waals surface area contributed by atoms with Crippen LogP contribution in [0.2, 0.25) is 0 Å². The van der Waals surface area contributed by atoms with E-state index >= 15 is 0 Å². The van der Waals surface area contributed by atoms with E-state index in [0.29, 0.717) is 6.29 Å². The van der Waals surface area contributed by atoms with Gasteiger partial charge in [-0.05, 0) is 0 Å². The highest BCUT2D eigenvalue weighted by atomic mass is 32.2. The maximum absolute atomic E-state index is 11.5. The van der Waals surface area contributed by atoms with Gasteiger partial charge in [0.1, 0.15) is 12.0 Å². The predicted octanol–water partition coefficient (Wildman–Crippen LogP) is -0.650. The van der Waals surface area contributed by atoms with E-state index in [1.54, 1.807) is 0 Å². The van der Waals surface area contributed by atoms with Crippen LogP contribution in [0.25, 0.3) is 0 Å². The topological polar surface area (TPSA) is 72.3 Å². The van der Waals surface area contributed by atoms with Crippen molar-refractivity contribution in [2.24, 2.45) is 0 Å². The van der Waals surface area contributed by atoms with Crippen molar-refractivity contribution in [3.63, 3.8) is 0 Å². The molecule has 1 aromatic rings. The molecule has 0 saturated heterocycles. The van der Waals surface area contributed by atoms with Crippen LogP contribution >= 0.6 is 0 Å². The highest BCUT2D eigenvalue weighted by Gasteiger charge is 2.18. The summed E-state index contributed by atoms with van der Waals surface area (Å²) in [7, 11) is -0.862. The van der Waals surface area contributed by atoms with Gasteiger partial charge < -0.3 is 0 Å². The number of aromatic nitrogens is 2. The molecule has 0 radical (unpaired) electrons. The zero-order valence-electron chi connectivity index (χ0n) is 7.21. The number of hydrogen-bond donors (Lipinski definition) is 0. The van der Waals surface area contributed by atoms with Crippen LogP contribution in [0.1, 0.15) is 10.5 Å². The summed E-state index contributed by atoms with van der Waals surface area (Å²) in [6.07, 6.45) is 2.71. The first kappa shape index (κ1) is 9.87. The van der Waals surface area contributed by atoms with Gasteiger partial charge in [0.15, 0.2) is 6.29 Å². The first-order chi connectivity index (χ1) is 6.00. The molecule has 13 heavy (non-hydrogen) atoms. The standard InChI is InChI=1S/C6H9N3O3S/c1-8(2)13(11,12)9-5-7-3-6(9)4-10/h3-5H,1-2H3. The molecule has 7 heteroatoms. The Kier molecular flexibility index (Phi) is 2.48. The van der Waals surface area contributed by atoms with Crippen molar-refractivity contribution < 1.29 is 13.2 Å². The van der Waals surface area contributed by atoms with Gasteiger partial charge in [0.05, 0.1) is 6.20 Å². The zero-order chi connectivity index (χ0) is 10.1. The Morgan fingerprint density at radius 1 is 1.54 bits per heavy atom. The average molecular weight is 203 g/mol. The summed E-state index contributed by atoms with van der Waals surface area (Å²) < 4.78 is 24.7. The second-order valence-corrected chi connectivity index (χ2v) is 4.54. The van der Waals surface area contributed by atoms with Crippen molar-refractivity contribution in [2.45, 2.75) is 0 Å². The number of carbonyl (C=O) groups excluding carboxylic acids is 1. The Hall–Kier alpha value is -1.21. The Bertz CT molecular complexity index is 407. The minimum atomic E-state index is -3.62. The molecule has 0 saturated carbocycles. The van der Waals surface area contributed by atoms with Crippen molar-refractivity contribution in [3.8, 4) is 0 Å². The molecular formula is C6H9N3O3S. The normalized spacial score (nSPS) is 11.9. The van der Waals surface area contributed by atoms with Gasteiger partial charge in [-0.1, -0.05) is 0 Å². The minimum Gasteiger partial charge on any atom is -0.296 e. The fourth-order valence-corrected chi connectivity index (χ4v) is 1.63. The molecule has 1 heterocycles. The van der Waals surface area contributed by atoms with E-state index in [1.165, 1.54) is 20.3 Å². The molecule has 1 aromatic heterocycles. The van der Waals surface area contributed by atoms with Gasteiger partial charge in [-0.15, -0.1) is 0 Å². The van der Waals surface area contributed by atoms with Crippen molar-refractivity contribution in [2.75, 3.05) is 14.1 Å². The van der Waals surface area contributed by atoms with E-state index in [2.05, 4.69) is 4.98 Å². The van der Waals surface area contributed by atoms with E-state index in [-0.39, 0.29) is 5.69 Å². The SMILES string of the molecule is CN(C)S(=O)(=O)n1cncc1C=O. The second kappa shape index (κ2) is 3.27. The molecule has 0 aliphatic rings. The smallest absolute Gasteiger partial charge is 0.296 e. The summed E-state index contributed by atoms with van der Waals surface area (Å²) in [5.74, 6) is 0. The third-order valence-electron chi connectivity index (χ3n) is 1.46. The third-order valence-corrected chi connectivity index (χ3v) is 3.19. The average Bonchev–Trinajstić information content (AvgIpc) is 2.51. The Morgan fingerprint density at radius 2 is 2.15 bits per heavy atom. The highest BCUT2D eigenvalue weighted by molar-refractivity contribution is 7.87. The number of hydrogen-bond acceptors (Lipinski definition) is 4. The molecule has 0 unspecified atom stereocenters. The lowest BCUT2D eigenvalue weighted by molar-refractivity contribution is 0.111. The van der Waals surface area contributed by atoms with Crippen molar-refractivity contribution in [1.29, 1.82) is 0 Å². The Morgan fingerprint density at radius 3 is 2.62 bits per heavy atom. The molecule has 0 aliphatic carbocycles. The molecule has 72 valence electrons. The summed E-state index contributed by atoms with van der Waals surface area (Å²) >= 11 is 0. The lowest BCUT2D eigenvalue weighted by Crippen LogP contribution is -2.29. The van der Waals surface area contributed by atoms with Crippen LogP contribution in [0.15, 0.2) is 12.5 Å². The summed E-state index contributed by atoms with van der Waals surface area (Å²) in [5, 5.41) is 0. The molecule has 0 amide bonds. The molecule has 0 spiro atoms. The summed E-state index contributed by atoms with van der Waals surface area (Å²) in [6, 6.07) is 0. The largest absolute Gasteiger partial charge is 0.308 e. The second-order valence-electron chi connectivity index (χ2n) is 2.52. The van der Waals surface area contributed by atoms with Crippen molar-refractivity contribution in [3.05, 3.63) is 18.2 Å². The Labute approximate surface area is 76.0 Å². The van der Waals surface area contributed by atoms with E-state index in [1.807, 2.05) is 0 Å². The Balaban J connectivity index is 3.30. The fourth-order valence-electron chi connectivity index (χ4n) is 0.745. The first-order valence-electron chi connectivity index (χ1n) is 3.40. The summed E-state index contributed by atoms with van der Waals surface area (Å²) in [5.41, 5.74) is 0.00806. The van der Waals surface area contributed by atoms with Gasteiger partial charge in [0.2, 0.25) is 0 Å². The molecule has 0 aliphatic heterocycles. The van der Waals surface area contributed by atoms with E-state index in [0.717, 1.165) is 14.6 Å². The monoisotopic (exact) mass is 203 g/mol. The summed E-state index contributed by atoms with van der Waals surface area (Å²) in [6.45, 7) is 0. The number of nitrogens with zero attached hydrogens (tertiary/aromatic N) is 3. The molecule has 0 N–H and O–H groups in total. The predicted molar refractivity (Wildman–Crippen MR) is 45.6 cm³/mol. The van der Waals surface area contributed by atoms with Gasteiger partial charge in [0.25, 0.3) is 0 Å². The summed E-state index contributed by atoms with van der Waals surface area (Å²) in [4.78, 5) is 14.0. The van der Waals surface area contributed by atoms with Crippen LogP contribution in [0.3, 0.4) is 0 Å². The molecule has 0 fully saturated rings. The number of carbonyl (C=O) groups is 1. The van der Waals surface area contributed by atoms with Crippen LogP contribution < -0.4 is 0 Å². The molecule has 6 nitrogen and oxygen atoms in total. The van der Waals surface area contributed by atoms with Gasteiger partial charge in [-0.2, -0.15) is 12.7 Å². The van der Waals surface area contributed by atoms with Gasteiger partial charge in [-0.3, -0.25) is 4.79 Å². The molecule has 1 rings (SSSR count). The van der Waals surface area contributed by atoms with Crippen molar-refractivity contribution in [1.82, 2.24) is 13.3 Å². The van der Waals surface area contributed by atoms with Crippen LogP contribution in [-0.4, -0.2) is 42.1 Å².